The summed E-state index contributed by atoms with van der Waals surface area (Å²) in [6, 6.07) is 15.5. The van der Waals surface area contributed by atoms with Crippen molar-refractivity contribution in [1.82, 2.24) is 5.32 Å². The van der Waals surface area contributed by atoms with Crippen LogP contribution in [0.25, 0.3) is 6.08 Å². The van der Waals surface area contributed by atoms with Crippen molar-refractivity contribution in [3.63, 3.8) is 0 Å². The minimum absolute atomic E-state index is 0.0328. The molecular weight excluding hydrogens is 404 g/mol. The number of hydrogen-bond acceptors (Lipinski definition) is 6. The summed E-state index contributed by atoms with van der Waals surface area (Å²) in [6.07, 6.45) is 1.27. The van der Waals surface area contributed by atoms with Gasteiger partial charge in [0.1, 0.15) is 11.3 Å². The van der Waals surface area contributed by atoms with Crippen LogP contribution in [0.2, 0.25) is 0 Å². The fourth-order valence-corrected chi connectivity index (χ4v) is 3.02. The number of hydrogen-bond donors (Lipinski definition) is 1. The molecule has 0 saturated carbocycles. The van der Waals surface area contributed by atoms with Gasteiger partial charge in [0.05, 0.1) is 11.8 Å². The highest BCUT2D eigenvalue weighted by atomic mass is 32.1. The number of rotatable bonds is 6. The van der Waals surface area contributed by atoms with E-state index in [1.807, 2.05) is 6.07 Å². The third kappa shape index (κ3) is 5.09. The number of esters is 1. The van der Waals surface area contributed by atoms with E-state index in [0.29, 0.717) is 17.0 Å². The van der Waals surface area contributed by atoms with E-state index in [9.17, 15) is 14.4 Å². The quantitative estimate of drug-likeness (QED) is 0.332. The van der Waals surface area contributed by atoms with Crippen molar-refractivity contribution in [2.75, 3.05) is 11.5 Å². The summed E-state index contributed by atoms with van der Waals surface area (Å²) in [7, 11) is 0. The summed E-state index contributed by atoms with van der Waals surface area (Å²) in [4.78, 5) is 38.1. The van der Waals surface area contributed by atoms with Crippen LogP contribution >= 0.6 is 12.2 Å². The fraction of sp³-hybridized carbons (Fsp3) is 0.182. The predicted molar refractivity (Wildman–Crippen MR) is 116 cm³/mol. The molecule has 0 aliphatic carbocycles. The zero-order valence-electron chi connectivity index (χ0n) is 16.5. The number of amides is 2. The summed E-state index contributed by atoms with van der Waals surface area (Å²) in [5.74, 6) is -1.07. The number of benzene rings is 2. The molecule has 8 heteroatoms. The first-order valence-electron chi connectivity index (χ1n) is 9.24. The number of anilines is 1. The van der Waals surface area contributed by atoms with Gasteiger partial charge in [-0.2, -0.15) is 0 Å². The molecule has 0 atom stereocenters. The Morgan fingerprint density at radius 2 is 1.77 bits per heavy atom. The molecule has 1 aliphatic heterocycles. The van der Waals surface area contributed by atoms with Gasteiger partial charge in [0.2, 0.25) is 0 Å². The molecule has 1 fully saturated rings. The monoisotopic (exact) mass is 424 g/mol. The molecule has 0 aromatic heterocycles. The van der Waals surface area contributed by atoms with Gasteiger partial charge in [0.25, 0.3) is 11.8 Å². The number of nitrogens with one attached hydrogen (secondary N) is 1. The molecule has 1 saturated heterocycles. The molecule has 1 heterocycles. The van der Waals surface area contributed by atoms with Crippen molar-refractivity contribution in [3.8, 4) is 5.75 Å². The first-order chi connectivity index (χ1) is 14.3. The average Bonchev–Trinajstić information content (AvgIpc) is 2.70. The highest BCUT2D eigenvalue weighted by molar-refractivity contribution is 7.80. The number of nitrogens with zero attached hydrogens (tertiary/aromatic N) is 1. The minimum Gasteiger partial charge on any atom is -0.482 e. The zero-order valence-corrected chi connectivity index (χ0v) is 17.3. The van der Waals surface area contributed by atoms with Crippen LogP contribution in [0.3, 0.4) is 0 Å². The SMILES string of the molecule is CC(C)OC(=O)COc1ccc(/C=C2\C(=O)NC(=S)N(c3ccccc3)C2=O)cc1. The average molecular weight is 424 g/mol. The van der Waals surface area contributed by atoms with E-state index in [0.717, 1.165) is 0 Å². The lowest BCUT2D eigenvalue weighted by atomic mass is 10.1. The lowest BCUT2D eigenvalue weighted by Crippen LogP contribution is -2.54. The van der Waals surface area contributed by atoms with Crippen LogP contribution in [0.4, 0.5) is 5.69 Å². The topological polar surface area (TPSA) is 84.9 Å². The van der Waals surface area contributed by atoms with E-state index < -0.39 is 17.8 Å². The van der Waals surface area contributed by atoms with Gasteiger partial charge in [-0.1, -0.05) is 30.3 Å². The molecule has 2 amide bonds. The Hall–Kier alpha value is -3.52. The van der Waals surface area contributed by atoms with Gasteiger partial charge in [-0.15, -0.1) is 0 Å². The van der Waals surface area contributed by atoms with Crippen LogP contribution < -0.4 is 15.0 Å². The maximum absolute atomic E-state index is 12.9. The molecule has 1 N–H and O–H groups in total. The van der Waals surface area contributed by atoms with Crippen molar-refractivity contribution in [3.05, 3.63) is 65.7 Å². The van der Waals surface area contributed by atoms with Crippen LogP contribution in [0.15, 0.2) is 60.2 Å². The highest BCUT2D eigenvalue weighted by Gasteiger charge is 2.34. The van der Waals surface area contributed by atoms with Crippen LogP contribution in [0.5, 0.6) is 5.75 Å². The first kappa shape index (κ1) is 21.2. The van der Waals surface area contributed by atoms with Crippen LogP contribution in [-0.2, 0) is 19.1 Å². The number of para-hydroxylation sites is 1. The van der Waals surface area contributed by atoms with E-state index in [1.54, 1.807) is 62.4 Å². The Labute approximate surface area is 179 Å². The van der Waals surface area contributed by atoms with E-state index >= 15 is 0 Å². The largest absolute Gasteiger partial charge is 0.482 e. The van der Waals surface area contributed by atoms with Crippen molar-refractivity contribution in [2.24, 2.45) is 0 Å². The van der Waals surface area contributed by atoms with E-state index in [1.165, 1.54) is 11.0 Å². The molecule has 0 radical (unpaired) electrons. The van der Waals surface area contributed by atoms with Crippen LogP contribution in [0.1, 0.15) is 19.4 Å². The van der Waals surface area contributed by atoms with Gasteiger partial charge in [-0.05, 0) is 62.0 Å². The summed E-state index contributed by atoms with van der Waals surface area (Å²) < 4.78 is 10.4. The Morgan fingerprint density at radius 3 is 2.40 bits per heavy atom. The van der Waals surface area contributed by atoms with Crippen molar-refractivity contribution < 1.29 is 23.9 Å². The number of carbonyl (C=O) groups is 3. The second-order valence-electron chi connectivity index (χ2n) is 6.69. The van der Waals surface area contributed by atoms with Crippen LogP contribution in [0, 0.1) is 0 Å². The van der Waals surface area contributed by atoms with Crippen LogP contribution in [-0.4, -0.2) is 35.6 Å². The minimum atomic E-state index is -0.561. The van der Waals surface area contributed by atoms with E-state index in [-0.39, 0.29) is 23.4 Å². The summed E-state index contributed by atoms with van der Waals surface area (Å²) >= 11 is 5.17. The molecule has 154 valence electrons. The molecular formula is C22H20N2O5S. The first-order valence-corrected chi connectivity index (χ1v) is 9.65. The standard InChI is InChI=1S/C22H20N2O5S/c1-14(2)29-19(25)13-28-17-10-8-15(9-11-17)12-18-20(26)23-22(30)24(21(18)27)16-6-4-3-5-7-16/h3-12,14H,13H2,1-2H3,(H,23,26,30)/b18-12+. The molecule has 2 aromatic carbocycles. The zero-order chi connectivity index (χ0) is 21.7. The predicted octanol–water partition coefficient (Wildman–Crippen LogP) is 2.85. The van der Waals surface area contributed by atoms with Gasteiger partial charge in [-0.25, -0.2) is 4.79 Å². The number of thiocarbonyl (C=S) groups is 1. The molecule has 0 spiro atoms. The highest BCUT2D eigenvalue weighted by Crippen LogP contribution is 2.22. The summed E-state index contributed by atoms with van der Waals surface area (Å²) in [5.41, 5.74) is 1.14. The molecule has 0 unspecified atom stereocenters. The molecule has 7 nitrogen and oxygen atoms in total. The third-order valence-corrected chi connectivity index (χ3v) is 4.32. The van der Waals surface area contributed by atoms with Crippen molar-refractivity contribution >= 4 is 46.9 Å². The Kier molecular flexibility index (Phi) is 6.58. The summed E-state index contributed by atoms with van der Waals surface area (Å²) in [5, 5.41) is 2.57. The Balaban J connectivity index is 1.75. The Morgan fingerprint density at radius 1 is 1.10 bits per heavy atom. The molecule has 3 rings (SSSR count). The summed E-state index contributed by atoms with van der Waals surface area (Å²) in [6.45, 7) is 3.31. The second kappa shape index (κ2) is 9.32. The normalized spacial score (nSPS) is 15.4. The van der Waals surface area contributed by atoms with Crippen molar-refractivity contribution in [2.45, 2.75) is 20.0 Å². The molecule has 2 aromatic rings. The molecule has 1 aliphatic rings. The lowest BCUT2D eigenvalue weighted by Gasteiger charge is -2.28. The fourth-order valence-electron chi connectivity index (χ4n) is 2.74. The third-order valence-electron chi connectivity index (χ3n) is 4.03. The molecule has 0 bridgehead atoms. The Bertz CT molecular complexity index is 1000. The van der Waals surface area contributed by atoms with Crippen molar-refractivity contribution in [1.29, 1.82) is 0 Å². The van der Waals surface area contributed by atoms with E-state index in [2.05, 4.69) is 5.32 Å². The van der Waals surface area contributed by atoms with Gasteiger partial charge in [0.15, 0.2) is 11.7 Å². The molecule has 30 heavy (non-hydrogen) atoms. The van der Waals surface area contributed by atoms with Gasteiger partial charge < -0.3 is 9.47 Å². The van der Waals surface area contributed by atoms with E-state index in [4.69, 9.17) is 21.7 Å². The maximum atomic E-state index is 12.9. The van der Waals surface area contributed by atoms with Gasteiger partial charge >= 0.3 is 5.97 Å². The smallest absolute Gasteiger partial charge is 0.344 e. The number of ether oxygens (including phenoxy) is 2. The van der Waals surface area contributed by atoms with Gasteiger partial charge in [-0.3, -0.25) is 19.8 Å². The second-order valence-corrected chi connectivity index (χ2v) is 7.08. The lowest BCUT2D eigenvalue weighted by molar-refractivity contribution is -0.149. The van der Waals surface area contributed by atoms with Gasteiger partial charge in [0, 0.05) is 0 Å². The maximum Gasteiger partial charge on any atom is 0.344 e. The number of carbonyl (C=O) groups excluding carboxylic acids is 3.